The first-order valence-electron chi connectivity index (χ1n) is 9.85. The lowest BCUT2D eigenvalue weighted by atomic mass is 10.2. The van der Waals surface area contributed by atoms with E-state index in [0.717, 1.165) is 24.6 Å². The van der Waals surface area contributed by atoms with Crippen molar-refractivity contribution in [2.75, 3.05) is 0 Å². The molecular weight excluding hydrogens is 486 g/mol. The van der Waals surface area contributed by atoms with Crippen LogP contribution in [0.15, 0.2) is 32.6 Å². The Balaban J connectivity index is 2.27. The van der Waals surface area contributed by atoms with Crippen molar-refractivity contribution < 1.29 is 30.2 Å². The van der Waals surface area contributed by atoms with Crippen LogP contribution in [0, 0.1) is 19.7 Å². The molecule has 0 bridgehead atoms. The molecule has 1 aliphatic rings. The number of fused-ring (bicyclic) bond motifs is 1. The third-order valence-electron chi connectivity index (χ3n) is 5.51. The molecule has 4 rings (SSSR count). The number of rotatable bonds is 4. The standard InChI is InChI=1S/C20H17F4N3O6S/c1-9-4-7-13(12(21)8-9)27-16-14(18(29)26(19(27)30)11-5-6-11)15(10(2)17(28)25(16)3)33-34(31,32)20(22,23)24/h4,7-8,11H,5-6H2,1-3H3. The zero-order chi connectivity index (χ0) is 25.3. The van der Waals surface area contributed by atoms with E-state index in [9.17, 15) is 40.4 Å². The normalized spacial score (nSPS) is 14.6. The molecule has 0 saturated heterocycles. The molecule has 1 aromatic carbocycles. The molecular formula is C20H17F4N3O6S. The van der Waals surface area contributed by atoms with Gasteiger partial charge in [0.05, 0.1) is 11.3 Å². The van der Waals surface area contributed by atoms with Gasteiger partial charge in [0.1, 0.15) is 16.9 Å². The summed E-state index contributed by atoms with van der Waals surface area (Å²) < 4.78 is 84.1. The van der Waals surface area contributed by atoms with Gasteiger partial charge >= 0.3 is 21.3 Å². The van der Waals surface area contributed by atoms with Crippen LogP contribution in [0.3, 0.4) is 0 Å². The predicted octanol–water partition coefficient (Wildman–Crippen LogP) is 2.17. The van der Waals surface area contributed by atoms with Crippen molar-refractivity contribution in [3.05, 3.63) is 66.3 Å². The SMILES string of the molecule is Cc1ccc(-n2c(=O)n(C3CC3)c(=O)c3c(OS(=O)(=O)C(F)(F)F)c(C)c(=O)n(C)c32)c(F)c1. The summed E-state index contributed by atoms with van der Waals surface area (Å²) in [4.78, 5) is 39.4. The highest BCUT2D eigenvalue weighted by molar-refractivity contribution is 7.88. The molecule has 34 heavy (non-hydrogen) atoms. The van der Waals surface area contributed by atoms with Crippen molar-refractivity contribution in [1.29, 1.82) is 0 Å². The van der Waals surface area contributed by atoms with Crippen LogP contribution in [-0.2, 0) is 17.2 Å². The number of alkyl halides is 3. The molecule has 1 saturated carbocycles. The minimum atomic E-state index is -6.29. The van der Waals surface area contributed by atoms with Gasteiger partial charge in [-0.2, -0.15) is 21.6 Å². The Bertz CT molecular complexity index is 1650. The number of pyridine rings is 1. The fourth-order valence-corrected chi connectivity index (χ4v) is 4.21. The average molecular weight is 503 g/mol. The van der Waals surface area contributed by atoms with Gasteiger partial charge in [0.25, 0.3) is 11.1 Å². The summed E-state index contributed by atoms with van der Waals surface area (Å²) in [6.45, 7) is 2.55. The number of hydrogen-bond acceptors (Lipinski definition) is 6. The third-order valence-corrected chi connectivity index (χ3v) is 6.46. The molecule has 1 aliphatic carbocycles. The van der Waals surface area contributed by atoms with E-state index in [2.05, 4.69) is 4.18 Å². The van der Waals surface area contributed by atoms with Gasteiger partial charge < -0.3 is 4.18 Å². The minimum Gasteiger partial charge on any atom is -0.375 e. The molecule has 3 aromatic rings. The van der Waals surface area contributed by atoms with Gasteiger partial charge in [0, 0.05) is 13.1 Å². The topological polar surface area (TPSA) is 109 Å². The summed E-state index contributed by atoms with van der Waals surface area (Å²) in [5.74, 6) is -2.08. The van der Waals surface area contributed by atoms with Crippen LogP contribution in [0.1, 0.15) is 30.0 Å². The molecule has 1 fully saturated rings. The van der Waals surface area contributed by atoms with Crippen LogP contribution in [0.25, 0.3) is 16.7 Å². The lowest BCUT2D eigenvalue weighted by molar-refractivity contribution is -0.0499. The van der Waals surface area contributed by atoms with Crippen LogP contribution in [0.2, 0.25) is 0 Å². The Hall–Kier alpha value is -3.42. The van der Waals surface area contributed by atoms with E-state index in [1.807, 2.05) is 0 Å². The Morgan fingerprint density at radius 3 is 2.21 bits per heavy atom. The Labute approximate surface area is 188 Å². The van der Waals surface area contributed by atoms with Crippen molar-refractivity contribution in [3.8, 4) is 11.4 Å². The molecule has 14 heteroatoms. The second-order valence-corrected chi connectivity index (χ2v) is 9.52. The maximum absolute atomic E-state index is 14.9. The Kier molecular flexibility index (Phi) is 5.27. The first kappa shape index (κ1) is 23.7. The number of hydrogen-bond donors (Lipinski definition) is 0. The summed E-state index contributed by atoms with van der Waals surface area (Å²) >= 11 is 0. The molecule has 0 amide bonds. The van der Waals surface area contributed by atoms with E-state index in [1.54, 1.807) is 6.92 Å². The van der Waals surface area contributed by atoms with Gasteiger partial charge in [-0.3, -0.25) is 18.7 Å². The van der Waals surface area contributed by atoms with Gasteiger partial charge in [0.15, 0.2) is 5.75 Å². The maximum atomic E-state index is 14.9. The molecule has 0 unspecified atom stereocenters. The van der Waals surface area contributed by atoms with Gasteiger partial charge in [-0.25, -0.2) is 13.8 Å². The fraction of sp³-hybridized carbons (Fsp3) is 0.350. The quantitative estimate of drug-likeness (QED) is 0.307. The fourth-order valence-electron chi connectivity index (χ4n) is 3.69. The Morgan fingerprint density at radius 1 is 1.06 bits per heavy atom. The van der Waals surface area contributed by atoms with Crippen LogP contribution in [0.5, 0.6) is 5.75 Å². The van der Waals surface area contributed by atoms with Crippen molar-refractivity contribution in [1.82, 2.24) is 13.7 Å². The molecule has 0 spiro atoms. The van der Waals surface area contributed by atoms with Gasteiger partial charge in [-0.15, -0.1) is 0 Å². The largest absolute Gasteiger partial charge is 0.534 e. The van der Waals surface area contributed by atoms with Crippen LogP contribution in [-0.4, -0.2) is 27.6 Å². The summed E-state index contributed by atoms with van der Waals surface area (Å²) in [6, 6.07) is 3.10. The maximum Gasteiger partial charge on any atom is 0.534 e. The molecule has 0 N–H and O–H groups in total. The van der Waals surface area contributed by atoms with E-state index in [0.29, 0.717) is 27.5 Å². The van der Waals surface area contributed by atoms with Crippen molar-refractivity contribution >= 4 is 21.2 Å². The lowest BCUT2D eigenvalue weighted by Gasteiger charge is -2.20. The van der Waals surface area contributed by atoms with E-state index in [-0.39, 0.29) is 0 Å². The van der Waals surface area contributed by atoms with Crippen molar-refractivity contribution in [2.45, 2.75) is 38.2 Å². The highest BCUT2D eigenvalue weighted by atomic mass is 32.2. The molecule has 0 aliphatic heterocycles. The highest BCUT2D eigenvalue weighted by Crippen LogP contribution is 2.35. The number of nitrogens with zero attached hydrogens (tertiary/aromatic N) is 3. The minimum absolute atomic E-state index is 0.388. The van der Waals surface area contributed by atoms with E-state index in [4.69, 9.17) is 0 Å². The third kappa shape index (κ3) is 3.52. The molecule has 0 radical (unpaired) electrons. The number of halogens is 4. The van der Waals surface area contributed by atoms with Gasteiger partial charge in [-0.1, -0.05) is 6.07 Å². The monoisotopic (exact) mass is 503 g/mol. The summed E-state index contributed by atoms with van der Waals surface area (Å²) in [5, 5.41) is -0.779. The highest BCUT2D eigenvalue weighted by Gasteiger charge is 2.49. The zero-order valence-corrected chi connectivity index (χ0v) is 18.8. The van der Waals surface area contributed by atoms with E-state index < -0.39 is 72.3 Å². The zero-order valence-electron chi connectivity index (χ0n) is 17.9. The molecule has 182 valence electrons. The second kappa shape index (κ2) is 7.55. The lowest BCUT2D eigenvalue weighted by Crippen LogP contribution is -2.42. The smallest absolute Gasteiger partial charge is 0.375 e. The van der Waals surface area contributed by atoms with E-state index >= 15 is 0 Å². The van der Waals surface area contributed by atoms with Gasteiger partial charge in [-0.05, 0) is 44.4 Å². The predicted molar refractivity (Wildman–Crippen MR) is 112 cm³/mol. The average Bonchev–Trinajstić information content (AvgIpc) is 3.54. The van der Waals surface area contributed by atoms with Crippen LogP contribution >= 0.6 is 0 Å². The van der Waals surface area contributed by atoms with Crippen molar-refractivity contribution in [2.24, 2.45) is 7.05 Å². The Morgan fingerprint density at radius 2 is 1.68 bits per heavy atom. The second-order valence-electron chi connectivity index (χ2n) is 7.98. The summed E-state index contributed by atoms with van der Waals surface area (Å²) in [6.07, 6.45) is 0.775. The number of aryl methyl sites for hydroxylation is 2. The van der Waals surface area contributed by atoms with Crippen LogP contribution < -0.4 is 21.0 Å². The first-order chi connectivity index (χ1) is 15.7. The molecule has 2 aromatic heterocycles. The van der Waals surface area contributed by atoms with E-state index in [1.165, 1.54) is 12.1 Å². The molecule has 9 nitrogen and oxygen atoms in total. The van der Waals surface area contributed by atoms with Crippen LogP contribution in [0.4, 0.5) is 17.6 Å². The first-order valence-corrected chi connectivity index (χ1v) is 11.3. The number of aromatic nitrogens is 3. The van der Waals surface area contributed by atoms with Crippen molar-refractivity contribution in [3.63, 3.8) is 0 Å². The summed E-state index contributed by atoms with van der Waals surface area (Å²) in [7, 11) is -5.17. The molecule has 2 heterocycles. The molecule has 0 atom stereocenters. The number of benzene rings is 1. The summed E-state index contributed by atoms with van der Waals surface area (Å²) in [5.41, 5.74) is -10.2. The van der Waals surface area contributed by atoms with Gasteiger partial charge in [0.2, 0.25) is 0 Å².